The molecule has 26 heavy (non-hydrogen) atoms. The second-order valence-electron chi connectivity index (χ2n) is 6.95. The van der Waals surface area contributed by atoms with E-state index in [1.54, 1.807) is 6.20 Å². The molecule has 136 valence electrons. The summed E-state index contributed by atoms with van der Waals surface area (Å²) in [5.41, 5.74) is 3.23. The molecule has 3 heterocycles. The van der Waals surface area contributed by atoms with Crippen molar-refractivity contribution in [2.24, 2.45) is 0 Å². The maximum atomic E-state index is 14.7. The molecule has 2 unspecified atom stereocenters. The third-order valence-electron chi connectivity index (χ3n) is 5.03. The highest BCUT2D eigenvalue weighted by Gasteiger charge is 2.29. The zero-order valence-electron chi connectivity index (χ0n) is 14.8. The summed E-state index contributed by atoms with van der Waals surface area (Å²) in [5, 5.41) is 10.8. The Bertz CT molecular complexity index is 862. The number of nitrogens with zero attached hydrogens (tertiary/aromatic N) is 4. The topological polar surface area (TPSA) is 69.7 Å². The third kappa shape index (κ3) is 3.67. The Kier molecular flexibility index (Phi) is 4.79. The van der Waals surface area contributed by atoms with Gasteiger partial charge >= 0.3 is 0 Å². The number of anilines is 1. The van der Waals surface area contributed by atoms with Gasteiger partial charge in [0.25, 0.3) is 0 Å². The van der Waals surface area contributed by atoms with Gasteiger partial charge in [0, 0.05) is 19.6 Å². The predicted octanol–water partition coefficient (Wildman–Crippen LogP) is 2.73. The highest BCUT2D eigenvalue weighted by molar-refractivity contribution is 5.85. The number of benzene rings is 1. The van der Waals surface area contributed by atoms with Gasteiger partial charge in [-0.25, -0.2) is 14.4 Å². The number of nitrogens with one attached hydrogen (secondary N) is 2. The molecule has 1 aliphatic heterocycles. The minimum Gasteiger partial charge on any atom is -0.364 e. The Hall–Kier alpha value is -2.54. The van der Waals surface area contributed by atoms with E-state index < -0.39 is 6.17 Å². The van der Waals surface area contributed by atoms with Crippen LogP contribution in [0, 0.1) is 6.92 Å². The average Bonchev–Trinajstić information content (AvgIpc) is 3.13. The summed E-state index contributed by atoms with van der Waals surface area (Å²) in [6.45, 7) is 4.30. The van der Waals surface area contributed by atoms with Crippen LogP contribution in [0.4, 0.5) is 10.2 Å². The minimum atomic E-state index is -0.932. The minimum absolute atomic E-state index is 0.237. The van der Waals surface area contributed by atoms with Crippen molar-refractivity contribution in [3.05, 3.63) is 47.9 Å². The van der Waals surface area contributed by atoms with Crippen molar-refractivity contribution in [2.45, 2.75) is 32.0 Å². The summed E-state index contributed by atoms with van der Waals surface area (Å²) in [6, 6.07) is 8.33. The van der Waals surface area contributed by atoms with E-state index in [4.69, 9.17) is 0 Å². The molecule has 2 aromatic heterocycles. The molecule has 2 N–H and O–H groups in total. The molecule has 4 rings (SSSR count). The molecule has 0 radical (unpaired) electrons. The molecule has 0 bridgehead atoms. The van der Waals surface area contributed by atoms with Gasteiger partial charge in [-0.2, -0.15) is 5.10 Å². The van der Waals surface area contributed by atoms with Crippen LogP contribution >= 0.6 is 0 Å². The van der Waals surface area contributed by atoms with Gasteiger partial charge < -0.3 is 5.32 Å². The van der Waals surface area contributed by atoms with Crippen molar-refractivity contribution >= 4 is 16.9 Å². The van der Waals surface area contributed by atoms with E-state index in [-0.39, 0.29) is 6.04 Å². The summed E-state index contributed by atoms with van der Waals surface area (Å²) in [4.78, 5) is 10.6. The summed E-state index contributed by atoms with van der Waals surface area (Å²) >= 11 is 0. The van der Waals surface area contributed by atoms with Crippen LogP contribution in [0.25, 0.3) is 11.0 Å². The van der Waals surface area contributed by atoms with Gasteiger partial charge in [0.1, 0.15) is 18.3 Å². The smallest absolute Gasteiger partial charge is 0.160 e. The van der Waals surface area contributed by atoms with E-state index >= 15 is 0 Å². The summed E-state index contributed by atoms with van der Waals surface area (Å²) in [6.07, 6.45) is 3.90. The molecule has 0 amide bonds. The molecular formula is C19H23FN6. The van der Waals surface area contributed by atoms with E-state index in [1.165, 1.54) is 17.5 Å². The molecule has 1 saturated heterocycles. The van der Waals surface area contributed by atoms with Crippen LogP contribution in [-0.4, -0.2) is 56.9 Å². The number of hydrogen-bond acceptors (Lipinski definition) is 5. The van der Waals surface area contributed by atoms with Gasteiger partial charge in [-0.05, 0) is 25.3 Å². The second kappa shape index (κ2) is 7.37. The molecule has 0 spiro atoms. The second-order valence-corrected chi connectivity index (χ2v) is 6.95. The maximum absolute atomic E-state index is 14.7. The largest absolute Gasteiger partial charge is 0.364 e. The van der Waals surface area contributed by atoms with Crippen LogP contribution in [-0.2, 0) is 6.42 Å². The zero-order valence-corrected chi connectivity index (χ0v) is 14.8. The number of rotatable bonds is 5. The van der Waals surface area contributed by atoms with Gasteiger partial charge in [-0.15, -0.1) is 0 Å². The number of aromatic amines is 1. The summed E-state index contributed by atoms with van der Waals surface area (Å²) in [7, 11) is 0. The van der Waals surface area contributed by atoms with Gasteiger partial charge in [-0.1, -0.05) is 29.8 Å². The molecule has 3 aromatic rings. The number of likely N-dealkylation sites (tertiary alicyclic amines) is 1. The molecule has 7 heteroatoms. The van der Waals surface area contributed by atoms with Crippen LogP contribution in [0.2, 0.25) is 0 Å². The summed E-state index contributed by atoms with van der Waals surface area (Å²) in [5.74, 6) is 0.643. The summed E-state index contributed by atoms with van der Waals surface area (Å²) < 4.78 is 14.7. The lowest BCUT2D eigenvalue weighted by molar-refractivity contribution is 0.127. The highest BCUT2D eigenvalue weighted by atomic mass is 19.1. The molecule has 1 fully saturated rings. The molecule has 0 aliphatic carbocycles. The fourth-order valence-corrected chi connectivity index (χ4v) is 3.43. The van der Waals surface area contributed by atoms with Crippen molar-refractivity contribution in [1.29, 1.82) is 0 Å². The van der Waals surface area contributed by atoms with E-state index in [9.17, 15) is 4.39 Å². The van der Waals surface area contributed by atoms with E-state index in [0.717, 1.165) is 31.3 Å². The van der Waals surface area contributed by atoms with Crippen molar-refractivity contribution in [1.82, 2.24) is 25.1 Å². The fraction of sp³-hybridized carbons (Fsp3) is 0.421. The van der Waals surface area contributed by atoms with Crippen LogP contribution in [0.1, 0.15) is 17.5 Å². The Morgan fingerprint density at radius 3 is 2.92 bits per heavy atom. The van der Waals surface area contributed by atoms with Crippen LogP contribution in [0.5, 0.6) is 0 Å². The van der Waals surface area contributed by atoms with Crippen molar-refractivity contribution < 1.29 is 4.39 Å². The number of hydrogen-bond donors (Lipinski definition) is 2. The Morgan fingerprint density at radius 2 is 2.12 bits per heavy atom. The number of piperidine rings is 1. The standard InChI is InChI=1S/C19H23FN6/c1-13-2-4-14(5-3-13)6-8-26-9-7-17(16(20)11-26)24-18-15-10-23-25-19(15)22-12-21-18/h2-5,10,12,16-17H,6-9,11H2,1H3,(H2,21,22,23,24,25). The van der Waals surface area contributed by atoms with Crippen molar-refractivity contribution in [3.8, 4) is 0 Å². The molecule has 1 aromatic carbocycles. The van der Waals surface area contributed by atoms with E-state index in [1.807, 2.05) is 0 Å². The SMILES string of the molecule is Cc1ccc(CCN2CCC(Nc3ncnc4[nH]ncc34)C(F)C2)cc1. The Labute approximate surface area is 151 Å². The first-order valence-corrected chi connectivity index (χ1v) is 9.01. The fourth-order valence-electron chi connectivity index (χ4n) is 3.43. The first-order chi connectivity index (χ1) is 12.7. The number of fused-ring (bicyclic) bond motifs is 1. The lowest BCUT2D eigenvalue weighted by Crippen LogP contribution is -2.48. The monoisotopic (exact) mass is 354 g/mol. The number of halogens is 1. The maximum Gasteiger partial charge on any atom is 0.160 e. The highest BCUT2D eigenvalue weighted by Crippen LogP contribution is 2.22. The van der Waals surface area contributed by atoms with Gasteiger partial charge in [-0.3, -0.25) is 10.00 Å². The van der Waals surface area contributed by atoms with Crippen LogP contribution in [0.15, 0.2) is 36.8 Å². The molecule has 2 atom stereocenters. The molecule has 6 nitrogen and oxygen atoms in total. The van der Waals surface area contributed by atoms with Crippen LogP contribution < -0.4 is 5.32 Å². The lowest BCUT2D eigenvalue weighted by atomic mass is 10.0. The quantitative estimate of drug-likeness (QED) is 0.737. The molecule has 0 saturated carbocycles. The average molecular weight is 354 g/mol. The number of alkyl halides is 1. The Balaban J connectivity index is 1.33. The van der Waals surface area contributed by atoms with Crippen molar-refractivity contribution in [2.75, 3.05) is 25.0 Å². The number of aryl methyl sites for hydroxylation is 1. The molecular weight excluding hydrogens is 331 g/mol. The normalized spacial score (nSPS) is 21.2. The first-order valence-electron chi connectivity index (χ1n) is 9.01. The van der Waals surface area contributed by atoms with Gasteiger partial charge in [0.2, 0.25) is 0 Å². The first kappa shape index (κ1) is 16.9. The predicted molar refractivity (Wildman–Crippen MR) is 99.9 cm³/mol. The number of aromatic nitrogens is 4. The zero-order chi connectivity index (χ0) is 17.9. The van der Waals surface area contributed by atoms with Gasteiger partial charge in [0.15, 0.2) is 5.65 Å². The van der Waals surface area contributed by atoms with Gasteiger partial charge in [0.05, 0.1) is 17.6 Å². The number of H-pyrrole nitrogens is 1. The Morgan fingerprint density at radius 1 is 1.27 bits per heavy atom. The lowest BCUT2D eigenvalue weighted by Gasteiger charge is -2.35. The van der Waals surface area contributed by atoms with Crippen molar-refractivity contribution in [3.63, 3.8) is 0 Å². The van der Waals surface area contributed by atoms with E-state index in [0.29, 0.717) is 18.0 Å². The third-order valence-corrected chi connectivity index (χ3v) is 5.03. The van der Waals surface area contributed by atoms with Crippen LogP contribution in [0.3, 0.4) is 0 Å². The van der Waals surface area contributed by atoms with E-state index in [2.05, 4.69) is 61.6 Å². The molecule has 1 aliphatic rings.